The highest BCUT2D eigenvalue weighted by Gasteiger charge is 2.28. The molecule has 1 saturated heterocycles. The number of aryl methyl sites for hydroxylation is 1. The first-order valence-electron chi connectivity index (χ1n) is 8.50. The van der Waals surface area contributed by atoms with E-state index in [0.717, 1.165) is 15.6 Å². The first kappa shape index (κ1) is 19.4. The molecule has 3 rings (SSSR count). The molecule has 0 aromatic carbocycles. The van der Waals surface area contributed by atoms with Gasteiger partial charge in [-0.3, -0.25) is 4.79 Å². The van der Waals surface area contributed by atoms with E-state index in [0.29, 0.717) is 42.0 Å². The minimum absolute atomic E-state index is 0.0519. The maximum atomic E-state index is 12.9. The average molecular weight is 413 g/mol. The zero-order valence-electron chi connectivity index (χ0n) is 15.3. The Kier molecular flexibility index (Phi) is 5.47. The van der Waals surface area contributed by atoms with Gasteiger partial charge in [0.25, 0.3) is 5.91 Å². The van der Waals surface area contributed by atoms with Crippen LogP contribution in [0.5, 0.6) is 0 Å². The Balaban J connectivity index is 1.70. The van der Waals surface area contributed by atoms with Crippen molar-refractivity contribution in [3.8, 4) is 0 Å². The van der Waals surface area contributed by atoms with Gasteiger partial charge in [-0.15, -0.1) is 11.3 Å². The molecular formula is C18H22Cl2N4OS. The SMILES string of the molecule is Cc1nc(C(C)(C)C)sc1C(=O)N1CCN(c2ncc(Cl)cc2Cl)CC1. The van der Waals surface area contributed by atoms with E-state index in [1.165, 1.54) is 11.3 Å². The lowest BCUT2D eigenvalue weighted by atomic mass is 9.98. The topological polar surface area (TPSA) is 49.3 Å². The van der Waals surface area contributed by atoms with Crippen molar-refractivity contribution in [3.05, 3.63) is 37.9 Å². The highest BCUT2D eigenvalue weighted by molar-refractivity contribution is 7.14. The van der Waals surface area contributed by atoms with Gasteiger partial charge in [-0.05, 0) is 13.0 Å². The molecule has 2 aromatic heterocycles. The number of piperazine rings is 1. The third-order valence-electron chi connectivity index (χ3n) is 4.29. The van der Waals surface area contributed by atoms with E-state index < -0.39 is 0 Å². The molecule has 8 heteroatoms. The van der Waals surface area contributed by atoms with Gasteiger partial charge in [0.2, 0.25) is 0 Å². The molecule has 0 bridgehead atoms. The number of carbonyl (C=O) groups is 1. The Bertz CT molecular complexity index is 823. The predicted octanol–water partition coefficient (Wildman–Crippen LogP) is 4.41. The molecule has 0 radical (unpaired) electrons. The lowest BCUT2D eigenvalue weighted by Gasteiger charge is -2.35. The lowest BCUT2D eigenvalue weighted by molar-refractivity contribution is 0.0750. The number of hydrogen-bond donors (Lipinski definition) is 0. The molecule has 0 N–H and O–H groups in total. The number of nitrogens with zero attached hydrogens (tertiary/aromatic N) is 4. The fraction of sp³-hybridized carbons (Fsp3) is 0.500. The number of hydrogen-bond acceptors (Lipinski definition) is 5. The smallest absolute Gasteiger partial charge is 0.265 e. The lowest BCUT2D eigenvalue weighted by Crippen LogP contribution is -2.49. The summed E-state index contributed by atoms with van der Waals surface area (Å²) in [5.41, 5.74) is 0.763. The fourth-order valence-corrected chi connectivity index (χ4v) is 4.41. The zero-order valence-corrected chi connectivity index (χ0v) is 17.7. The van der Waals surface area contributed by atoms with Crippen LogP contribution in [0, 0.1) is 6.92 Å². The number of anilines is 1. The van der Waals surface area contributed by atoms with Gasteiger partial charge in [0.1, 0.15) is 10.7 Å². The van der Waals surface area contributed by atoms with Crippen molar-refractivity contribution in [1.29, 1.82) is 0 Å². The molecule has 26 heavy (non-hydrogen) atoms. The van der Waals surface area contributed by atoms with Gasteiger partial charge in [-0.1, -0.05) is 44.0 Å². The highest BCUT2D eigenvalue weighted by Crippen LogP contribution is 2.31. The minimum Gasteiger partial charge on any atom is -0.352 e. The summed E-state index contributed by atoms with van der Waals surface area (Å²) in [6, 6.07) is 1.69. The van der Waals surface area contributed by atoms with Crippen LogP contribution in [0.3, 0.4) is 0 Å². The van der Waals surface area contributed by atoms with Gasteiger partial charge >= 0.3 is 0 Å². The second-order valence-corrected chi connectivity index (χ2v) is 9.26. The van der Waals surface area contributed by atoms with E-state index in [4.69, 9.17) is 23.2 Å². The summed E-state index contributed by atoms with van der Waals surface area (Å²) in [5.74, 6) is 0.775. The Hall–Kier alpha value is -1.37. The molecular weight excluding hydrogens is 391 g/mol. The van der Waals surface area contributed by atoms with Crippen molar-refractivity contribution in [3.63, 3.8) is 0 Å². The first-order valence-corrected chi connectivity index (χ1v) is 10.1. The Morgan fingerprint density at radius 1 is 1.19 bits per heavy atom. The molecule has 0 spiro atoms. The van der Waals surface area contributed by atoms with E-state index >= 15 is 0 Å². The number of carbonyl (C=O) groups excluding carboxylic acids is 1. The molecule has 1 aliphatic heterocycles. The quantitative estimate of drug-likeness (QED) is 0.732. The van der Waals surface area contributed by atoms with E-state index in [-0.39, 0.29) is 11.3 Å². The van der Waals surface area contributed by atoms with E-state index in [2.05, 4.69) is 35.6 Å². The fourth-order valence-electron chi connectivity index (χ4n) is 2.82. The van der Waals surface area contributed by atoms with Crippen LogP contribution < -0.4 is 4.90 Å². The van der Waals surface area contributed by atoms with Gasteiger partial charge in [-0.2, -0.15) is 0 Å². The minimum atomic E-state index is -0.0519. The van der Waals surface area contributed by atoms with Gasteiger partial charge < -0.3 is 9.80 Å². The summed E-state index contributed by atoms with van der Waals surface area (Å²) in [4.78, 5) is 26.6. The first-order chi connectivity index (χ1) is 12.2. The van der Waals surface area contributed by atoms with Crippen LogP contribution in [-0.2, 0) is 5.41 Å². The number of aromatic nitrogens is 2. The van der Waals surface area contributed by atoms with Crippen LogP contribution in [0.1, 0.15) is 41.1 Å². The maximum absolute atomic E-state index is 12.9. The van der Waals surface area contributed by atoms with Gasteiger partial charge in [-0.25, -0.2) is 9.97 Å². The normalized spacial score (nSPS) is 15.5. The second-order valence-electron chi connectivity index (χ2n) is 7.42. The number of halogens is 2. The van der Waals surface area contributed by atoms with Crippen molar-refractivity contribution >= 4 is 46.3 Å². The van der Waals surface area contributed by atoms with E-state index in [1.807, 2.05) is 11.8 Å². The van der Waals surface area contributed by atoms with E-state index in [9.17, 15) is 4.79 Å². The summed E-state index contributed by atoms with van der Waals surface area (Å²) in [6.45, 7) is 10.9. The highest BCUT2D eigenvalue weighted by atomic mass is 35.5. The number of pyridine rings is 1. The van der Waals surface area contributed by atoms with Crippen LogP contribution in [0.25, 0.3) is 0 Å². The molecule has 0 aliphatic carbocycles. The summed E-state index contributed by atoms with van der Waals surface area (Å²) < 4.78 is 0. The Morgan fingerprint density at radius 3 is 2.38 bits per heavy atom. The Labute approximate surface area is 167 Å². The summed E-state index contributed by atoms with van der Waals surface area (Å²) >= 11 is 13.7. The van der Waals surface area contributed by atoms with E-state index in [1.54, 1.807) is 12.3 Å². The standard InChI is InChI=1S/C18H22Cl2N4OS/c1-11-14(26-17(22-11)18(2,3)4)16(25)24-7-5-23(6-8-24)15-13(20)9-12(19)10-21-15/h9-10H,5-8H2,1-4H3. The van der Waals surface area contributed by atoms with Crippen LogP contribution in [0.15, 0.2) is 12.3 Å². The third kappa shape index (κ3) is 3.97. The van der Waals surface area contributed by atoms with Crippen molar-refractivity contribution in [2.45, 2.75) is 33.1 Å². The molecule has 0 unspecified atom stereocenters. The number of amides is 1. The molecule has 140 valence electrons. The monoisotopic (exact) mass is 412 g/mol. The van der Waals surface area contributed by atoms with Crippen molar-refractivity contribution in [2.75, 3.05) is 31.1 Å². The molecule has 1 amide bonds. The van der Waals surface area contributed by atoms with Crippen LogP contribution in [0.4, 0.5) is 5.82 Å². The molecule has 0 saturated carbocycles. The van der Waals surface area contributed by atoms with Crippen LogP contribution in [-0.4, -0.2) is 47.0 Å². The van der Waals surface area contributed by atoms with Gasteiger partial charge in [0, 0.05) is 37.8 Å². The van der Waals surface area contributed by atoms with Crippen LogP contribution in [0.2, 0.25) is 10.0 Å². The predicted molar refractivity (Wildman–Crippen MR) is 108 cm³/mol. The van der Waals surface area contributed by atoms with Crippen molar-refractivity contribution in [1.82, 2.24) is 14.9 Å². The van der Waals surface area contributed by atoms with Gasteiger partial charge in [0.05, 0.1) is 20.7 Å². The second kappa shape index (κ2) is 7.33. The summed E-state index contributed by atoms with van der Waals surface area (Å²) in [6.07, 6.45) is 1.59. The molecule has 3 heterocycles. The molecule has 0 atom stereocenters. The Morgan fingerprint density at radius 2 is 1.85 bits per heavy atom. The molecule has 1 fully saturated rings. The average Bonchev–Trinajstić information content (AvgIpc) is 2.97. The molecule has 5 nitrogen and oxygen atoms in total. The largest absolute Gasteiger partial charge is 0.352 e. The summed E-state index contributed by atoms with van der Waals surface area (Å²) in [5, 5.41) is 2.04. The number of thiazole rings is 1. The maximum Gasteiger partial charge on any atom is 0.265 e. The summed E-state index contributed by atoms with van der Waals surface area (Å²) in [7, 11) is 0. The zero-order chi connectivity index (χ0) is 19.1. The number of rotatable bonds is 2. The van der Waals surface area contributed by atoms with Crippen LogP contribution >= 0.6 is 34.5 Å². The third-order valence-corrected chi connectivity index (χ3v) is 6.34. The molecule has 2 aromatic rings. The van der Waals surface area contributed by atoms with Crippen molar-refractivity contribution in [2.24, 2.45) is 0 Å². The molecule has 1 aliphatic rings. The van der Waals surface area contributed by atoms with Crippen molar-refractivity contribution < 1.29 is 4.79 Å². The van der Waals surface area contributed by atoms with Gasteiger partial charge in [0.15, 0.2) is 0 Å².